The van der Waals surface area contributed by atoms with E-state index in [9.17, 15) is 14.4 Å². The van der Waals surface area contributed by atoms with Crippen LogP contribution < -0.4 is 10.9 Å². The number of morpholine rings is 1. The van der Waals surface area contributed by atoms with Crippen LogP contribution in [0, 0.1) is 6.92 Å². The number of amides is 2. The average molecular weight is 449 g/mol. The first-order valence-electron chi connectivity index (χ1n) is 11.1. The average Bonchev–Trinajstić information content (AvgIpc) is 2.79. The molecule has 0 saturated carbocycles. The Labute approximate surface area is 192 Å². The quantitative estimate of drug-likeness (QED) is 0.646. The first-order chi connectivity index (χ1) is 15.8. The number of carbonyl (C=O) groups is 2. The van der Waals surface area contributed by atoms with E-state index in [4.69, 9.17) is 4.74 Å². The number of hydrogen-bond donors (Lipinski definition) is 1. The first-order valence-corrected chi connectivity index (χ1v) is 11.1. The van der Waals surface area contributed by atoms with Gasteiger partial charge in [-0.25, -0.2) is 4.98 Å². The van der Waals surface area contributed by atoms with Gasteiger partial charge in [-0.05, 0) is 50.6 Å². The smallest absolute Gasteiger partial charge is 0.261 e. The van der Waals surface area contributed by atoms with Crippen molar-refractivity contribution >= 4 is 22.7 Å². The van der Waals surface area contributed by atoms with Gasteiger partial charge in [-0.15, -0.1) is 0 Å². The van der Waals surface area contributed by atoms with Crippen LogP contribution in [0.1, 0.15) is 35.6 Å². The molecule has 0 spiro atoms. The highest BCUT2D eigenvalue weighted by molar-refractivity contribution is 5.94. The predicted octanol–water partition coefficient (Wildman–Crippen LogP) is 2.27. The Kier molecular flexibility index (Phi) is 6.55. The highest BCUT2D eigenvalue weighted by Gasteiger charge is 2.26. The Morgan fingerprint density at radius 1 is 1.06 bits per heavy atom. The number of aromatic nitrogens is 2. The third kappa shape index (κ3) is 5.12. The molecule has 0 bridgehead atoms. The standard InChI is InChI=1S/C25H28N4O4/c1-16-13-28(14-17(2)33-16)24(31)20-10-8-19(9-11-20)12-26-23(30)15-29-18(3)27-22-7-5-4-6-21(22)25(29)32/h4-11,16-17H,12-15H2,1-3H3,(H,26,30). The fourth-order valence-electron chi connectivity index (χ4n) is 4.16. The van der Waals surface area contributed by atoms with Crippen LogP contribution in [0.2, 0.25) is 0 Å². The minimum atomic E-state index is -0.284. The molecule has 3 aromatic rings. The molecule has 1 aliphatic heterocycles. The molecular formula is C25H28N4O4. The molecular weight excluding hydrogens is 420 g/mol. The third-order valence-electron chi connectivity index (χ3n) is 5.75. The molecule has 4 rings (SSSR count). The van der Waals surface area contributed by atoms with Crippen molar-refractivity contribution in [3.05, 3.63) is 75.8 Å². The van der Waals surface area contributed by atoms with Crippen molar-refractivity contribution < 1.29 is 14.3 Å². The number of carbonyl (C=O) groups excluding carboxylic acids is 2. The molecule has 2 heterocycles. The van der Waals surface area contributed by atoms with Crippen LogP contribution in [0.3, 0.4) is 0 Å². The number of aryl methyl sites for hydroxylation is 1. The topological polar surface area (TPSA) is 93.5 Å². The summed E-state index contributed by atoms with van der Waals surface area (Å²) in [5, 5.41) is 3.32. The zero-order valence-corrected chi connectivity index (χ0v) is 19.1. The Morgan fingerprint density at radius 3 is 2.42 bits per heavy atom. The maximum atomic E-state index is 12.8. The number of ether oxygens (including phenoxy) is 1. The van der Waals surface area contributed by atoms with Gasteiger partial charge in [0.05, 0.1) is 23.1 Å². The lowest BCUT2D eigenvalue weighted by molar-refractivity contribution is -0.121. The van der Waals surface area contributed by atoms with E-state index in [-0.39, 0.29) is 36.1 Å². The summed E-state index contributed by atoms with van der Waals surface area (Å²) >= 11 is 0. The molecule has 2 aromatic carbocycles. The minimum absolute atomic E-state index is 0.0149. The predicted molar refractivity (Wildman–Crippen MR) is 125 cm³/mol. The van der Waals surface area contributed by atoms with Gasteiger partial charge in [-0.2, -0.15) is 0 Å². The molecule has 0 aliphatic carbocycles. The van der Waals surface area contributed by atoms with Gasteiger partial charge >= 0.3 is 0 Å². The van der Waals surface area contributed by atoms with E-state index in [1.807, 2.05) is 36.9 Å². The van der Waals surface area contributed by atoms with E-state index in [0.717, 1.165) is 5.56 Å². The Bertz CT molecular complexity index is 1230. The zero-order valence-electron chi connectivity index (χ0n) is 19.1. The molecule has 172 valence electrons. The molecule has 1 fully saturated rings. The number of rotatable bonds is 5. The van der Waals surface area contributed by atoms with Crippen LogP contribution in [0.4, 0.5) is 0 Å². The van der Waals surface area contributed by atoms with Crippen molar-refractivity contribution in [3.63, 3.8) is 0 Å². The fraction of sp³-hybridized carbons (Fsp3) is 0.360. The van der Waals surface area contributed by atoms with Gasteiger partial charge in [0.15, 0.2) is 0 Å². The zero-order chi connectivity index (χ0) is 23.5. The van der Waals surface area contributed by atoms with Gasteiger partial charge in [-0.3, -0.25) is 19.0 Å². The van der Waals surface area contributed by atoms with E-state index in [1.165, 1.54) is 4.57 Å². The second-order valence-electron chi connectivity index (χ2n) is 8.51. The largest absolute Gasteiger partial charge is 0.372 e. The lowest BCUT2D eigenvalue weighted by Gasteiger charge is -2.35. The monoisotopic (exact) mass is 448 g/mol. The van der Waals surface area contributed by atoms with Crippen molar-refractivity contribution in [2.45, 2.75) is 46.1 Å². The summed E-state index contributed by atoms with van der Waals surface area (Å²) in [6, 6.07) is 14.3. The van der Waals surface area contributed by atoms with Crippen molar-refractivity contribution in [1.29, 1.82) is 0 Å². The van der Waals surface area contributed by atoms with Crippen molar-refractivity contribution in [3.8, 4) is 0 Å². The number of para-hydroxylation sites is 1. The third-order valence-corrected chi connectivity index (χ3v) is 5.75. The molecule has 2 amide bonds. The summed E-state index contributed by atoms with van der Waals surface area (Å²) in [5.41, 5.74) is 1.86. The second kappa shape index (κ2) is 9.54. The number of nitrogens with zero attached hydrogens (tertiary/aromatic N) is 3. The molecule has 1 saturated heterocycles. The van der Waals surface area contributed by atoms with Crippen LogP contribution >= 0.6 is 0 Å². The van der Waals surface area contributed by atoms with Gasteiger partial charge in [0, 0.05) is 25.2 Å². The second-order valence-corrected chi connectivity index (χ2v) is 8.51. The first kappa shape index (κ1) is 22.7. The molecule has 1 N–H and O–H groups in total. The molecule has 0 radical (unpaired) electrons. The number of nitrogens with one attached hydrogen (secondary N) is 1. The van der Waals surface area contributed by atoms with Crippen LogP contribution in [0.5, 0.6) is 0 Å². The minimum Gasteiger partial charge on any atom is -0.372 e. The molecule has 33 heavy (non-hydrogen) atoms. The molecule has 2 unspecified atom stereocenters. The maximum absolute atomic E-state index is 12.8. The summed E-state index contributed by atoms with van der Waals surface area (Å²) in [4.78, 5) is 44.3. The summed E-state index contributed by atoms with van der Waals surface area (Å²) in [6.45, 7) is 6.98. The molecule has 1 aliphatic rings. The summed E-state index contributed by atoms with van der Waals surface area (Å²) in [7, 11) is 0. The van der Waals surface area contributed by atoms with E-state index in [0.29, 0.717) is 41.9 Å². The fourth-order valence-corrected chi connectivity index (χ4v) is 4.16. The van der Waals surface area contributed by atoms with Gasteiger partial charge < -0.3 is 15.0 Å². The van der Waals surface area contributed by atoms with Gasteiger partial charge in [-0.1, -0.05) is 24.3 Å². The summed E-state index contributed by atoms with van der Waals surface area (Å²) < 4.78 is 7.07. The van der Waals surface area contributed by atoms with E-state index >= 15 is 0 Å². The highest BCUT2D eigenvalue weighted by Crippen LogP contribution is 2.15. The van der Waals surface area contributed by atoms with Crippen molar-refractivity contribution in [2.75, 3.05) is 13.1 Å². The summed E-state index contributed by atoms with van der Waals surface area (Å²) in [6.07, 6.45) is 0.0299. The molecule has 2 atom stereocenters. The summed E-state index contributed by atoms with van der Waals surface area (Å²) in [5.74, 6) is 0.184. The van der Waals surface area contributed by atoms with Crippen LogP contribution in [0.25, 0.3) is 10.9 Å². The van der Waals surface area contributed by atoms with E-state index in [2.05, 4.69) is 10.3 Å². The highest BCUT2D eigenvalue weighted by atomic mass is 16.5. The Hall–Kier alpha value is -3.52. The lowest BCUT2D eigenvalue weighted by atomic mass is 10.1. The SMILES string of the molecule is Cc1nc2ccccc2c(=O)n1CC(=O)NCc1ccc(C(=O)N2CC(C)OC(C)C2)cc1. The van der Waals surface area contributed by atoms with Crippen LogP contribution in [-0.4, -0.2) is 51.6 Å². The number of hydrogen-bond acceptors (Lipinski definition) is 5. The van der Waals surface area contributed by atoms with Gasteiger partial charge in [0.2, 0.25) is 5.91 Å². The molecule has 1 aromatic heterocycles. The van der Waals surface area contributed by atoms with Gasteiger partial charge in [0.25, 0.3) is 11.5 Å². The number of fused-ring (bicyclic) bond motifs is 1. The lowest BCUT2D eigenvalue weighted by Crippen LogP contribution is -2.48. The normalized spacial score (nSPS) is 18.3. The van der Waals surface area contributed by atoms with E-state index in [1.54, 1.807) is 37.3 Å². The van der Waals surface area contributed by atoms with E-state index < -0.39 is 0 Å². The van der Waals surface area contributed by atoms with Crippen LogP contribution in [0.15, 0.2) is 53.3 Å². The maximum Gasteiger partial charge on any atom is 0.261 e. The number of benzene rings is 2. The van der Waals surface area contributed by atoms with Crippen LogP contribution in [-0.2, 0) is 22.6 Å². The Morgan fingerprint density at radius 2 is 1.73 bits per heavy atom. The van der Waals surface area contributed by atoms with Crippen molar-refractivity contribution in [2.24, 2.45) is 0 Å². The van der Waals surface area contributed by atoms with Crippen molar-refractivity contribution in [1.82, 2.24) is 19.8 Å². The Balaban J connectivity index is 1.37. The molecule has 8 heteroatoms. The molecule has 8 nitrogen and oxygen atoms in total. The van der Waals surface area contributed by atoms with Gasteiger partial charge in [0.1, 0.15) is 12.4 Å².